The summed E-state index contributed by atoms with van der Waals surface area (Å²) in [6, 6.07) is 6.39. The number of thiophene rings is 1. The van der Waals surface area contributed by atoms with Crippen molar-refractivity contribution in [3.05, 3.63) is 30.0 Å². The van der Waals surface area contributed by atoms with E-state index in [4.69, 9.17) is 0 Å². The summed E-state index contributed by atoms with van der Waals surface area (Å²) in [6.07, 6.45) is 9.24. The quantitative estimate of drug-likeness (QED) is 0.898. The maximum Gasteiger partial charge on any atom is 0.0953 e. The summed E-state index contributed by atoms with van der Waals surface area (Å²) in [7, 11) is 0. The van der Waals surface area contributed by atoms with Crippen LogP contribution in [0.25, 0.3) is 10.6 Å². The highest BCUT2D eigenvalue weighted by Gasteiger charge is 2.34. The average molecular weight is 259 g/mol. The number of hydrogen-bond donors (Lipinski definition) is 1. The molecule has 4 heterocycles. The summed E-state index contributed by atoms with van der Waals surface area (Å²) in [5.41, 5.74) is 1.29. The van der Waals surface area contributed by atoms with Crippen molar-refractivity contribution in [1.82, 2.24) is 14.9 Å². The van der Waals surface area contributed by atoms with Crippen LogP contribution in [0.1, 0.15) is 31.7 Å². The maximum absolute atomic E-state index is 4.37. The zero-order valence-corrected chi connectivity index (χ0v) is 11.1. The fourth-order valence-corrected chi connectivity index (χ4v) is 4.20. The van der Waals surface area contributed by atoms with Gasteiger partial charge in [-0.3, -0.25) is 0 Å². The minimum absolute atomic E-state index is 0.628. The molecule has 0 radical (unpaired) electrons. The van der Waals surface area contributed by atoms with E-state index < -0.39 is 0 Å². The number of nitrogens with one attached hydrogen (secondary N) is 1. The van der Waals surface area contributed by atoms with Gasteiger partial charge in [0.15, 0.2) is 0 Å². The highest BCUT2D eigenvalue weighted by Crippen LogP contribution is 2.37. The van der Waals surface area contributed by atoms with Gasteiger partial charge in [0.2, 0.25) is 0 Å². The lowest BCUT2D eigenvalue weighted by Crippen LogP contribution is -2.38. The first-order valence-corrected chi connectivity index (χ1v) is 7.60. The second kappa shape index (κ2) is 4.21. The molecule has 0 spiro atoms. The number of nitrogens with zero attached hydrogens (tertiary/aromatic N) is 2. The molecule has 0 amide bonds. The summed E-state index contributed by atoms with van der Waals surface area (Å²) < 4.78 is 2.40. The lowest BCUT2D eigenvalue weighted by Gasteiger charge is -2.30. The normalized spacial score (nSPS) is 30.8. The number of piperidine rings is 1. The zero-order valence-electron chi connectivity index (χ0n) is 10.2. The van der Waals surface area contributed by atoms with Gasteiger partial charge in [-0.25, -0.2) is 4.98 Å². The molecule has 2 bridgehead atoms. The Bertz CT molecular complexity index is 519. The van der Waals surface area contributed by atoms with Crippen molar-refractivity contribution in [2.75, 3.05) is 0 Å². The summed E-state index contributed by atoms with van der Waals surface area (Å²) in [6.45, 7) is 0. The van der Waals surface area contributed by atoms with Crippen molar-refractivity contribution in [3.8, 4) is 10.6 Å². The Kier molecular flexibility index (Phi) is 2.52. The predicted octanol–water partition coefficient (Wildman–Crippen LogP) is 3.07. The Morgan fingerprint density at radius 2 is 2.11 bits per heavy atom. The van der Waals surface area contributed by atoms with Crippen LogP contribution in [-0.2, 0) is 0 Å². The number of imidazole rings is 1. The molecule has 18 heavy (non-hydrogen) atoms. The maximum atomic E-state index is 4.37. The highest BCUT2D eigenvalue weighted by molar-refractivity contribution is 7.13. The first-order valence-electron chi connectivity index (χ1n) is 6.72. The third-order valence-corrected chi connectivity index (χ3v) is 5.17. The van der Waals surface area contributed by atoms with E-state index in [1.165, 1.54) is 36.3 Å². The topological polar surface area (TPSA) is 29.9 Å². The molecule has 2 unspecified atom stereocenters. The molecule has 1 N–H and O–H groups in total. The van der Waals surface area contributed by atoms with Crippen molar-refractivity contribution in [1.29, 1.82) is 0 Å². The molecule has 2 fully saturated rings. The minimum Gasteiger partial charge on any atom is -0.327 e. The largest absolute Gasteiger partial charge is 0.327 e. The van der Waals surface area contributed by atoms with Crippen LogP contribution in [0.2, 0.25) is 0 Å². The first kappa shape index (κ1) is 10.8. The van der Waals surface area contributed by atoms with Crippen LogP contribution in [0.15, 0.2) is 30.0 Å². The van der Waals surface area contributed by atoms with Gasteiger partial charge in [0, 0.05) is 18.1 Å². The van der Waals surface area contributed by atoms with Crippen LogP contribution < -0.4 is 5.32 Å². The van der Waals surface area contributed by atoms with Gasteiger partial charge in [-0.1, -0.05) is 6.07 Å². The van der Waals surface area contributed by atoms with Crippen molar-refractivity contribution >= 4 is 11.3 Å². The van der Waals surface area contributed by atoms with Crippen LogP contribution in [0.4, 0.5) is 0 Å². The van der Waals surface area contributed by atoms with Crippen molar-refractivity contribution in [3.63, 3.8) is 0 Å². The first-order chi connectivity index (χ1) is 8.90. The van der Waals surface area contributed by atoms with Gasteiger partial charge in [-0.2, -0.15) is 0 Å². The Morgan fingerprint density at radius 1 is 1.28 bits per heavy atom. The molecular weight excluding hydrogens is 242 g/mol. The second-order valence-corrected chi connectivity index (χ2v) is 6.37. The molecule has 0 aliphatic carbocycles. The third kappa shape index (κ3) is 1.71. The number of rotatable bonds is 2. The van der Waals surface area contributed by atoms with Gasteiger partial charge >= 0.3 is 0 Å². The van der Waals surface area contributed by atoms with E-state index in [1.807, 2.05) is 12.5 Å². The van der Waals surface area contributed by atoms with E-state index in [0.29, 0.717) is 6.04 Å². The van der Waals surface area contributed by atoms with Crippen molar-refractivity contribution in [2.24, 2.45) is 0 Å². The minimum atomic E-state index is 0.628. The van der Waals surface area contributed by atoms with E-state index in [-0.39, 0.29) is 0 Å². The molecule has 2 aromatic rings. The summed E-state index contributed by atoms with van der Waals surface area (Å²) in [4.78, 5) is 5.70. The standard InChI is InChI=1S/C14H17N3S/c1-2-14(18-5-1)13-8-15-9-17(13)12-6-10-3-4-11(7-12)16-10/h1-2,5,8-12,16H,3-4,6-7H2. The Balaban J connectivity index is 1.67. The molecule has 94 valence electrons. The Morgan fingerprint density at radius 3 is 2.83 bits per heavy atom. The molecule has 2 aliphatic rings. The molecule has 0 aromatic carbocycles. The molecule has 4 rings (SSSR count). The van der Waals surface area contributed by atoms with E-state index in [9.17, 15) is 0 Å². The van der Waals surface area contributed by atoms with Gasteiger partial charge in [0.1, 0.15) is 0 Å². The van der Waals surface area contributed by atoms with Gasteiger partial charge in [0.25, 0.3) is 0 Å². The smallest absolute Gasteiger partial charge is 0.0953 e. The summed E-state index contributed by atoms with van der Waals surface area (Å²) in [5, 5.41) is 5.84. The second-order valence-electron chi connectivity index (χ2n) is 5.43. The van der Waals surface area contributed by atoms with Crippen LogP contribution >= 0.6 is 11.3 Å². The molecule has 0 saturated carbocycles. The van der Waals surface area contributed by atoms with E-state index >= 15 is 0 Å². The number of hydrogen-bond acceptors (Lipinski definition) is 3. The molecule has 2 aromatic heterocycles. The lowest BCUT2D eigenvalue weighted by molar-refractivity contribution is 0.300. The van der Waals surface area contributed by atoms with Crippen LogP contribution in [-0.4, -0.2) is 21.6 Å². The van der Waals surface area contributed by atoms with E-state index in [1.54, 1.807) is 11.3 Å². The number of aromatic nitrogens is 2. The van der Waals surface area contributed by atoms with Gasteiger partial charge < -0.3 is 9.88 Å². The fourth-order valence-electron chi connectivity index (χ4n) is 3.47. The predicted molar refractivity (Wildman–Crippen MR) is 73.8 cm³/mol. The van der Waals surface area contributed by atoms with Gasteiger partial charge in [-0.15, -0.1) is 11.3 Å². The third-order valence-electron chi connectivity index (χ3n) is 4.28. The Hall–Kier alpha value is -1.13. The summed E-state index contributed by atoms with van der Waals surface area (Å²) in [5.74, 6) is 0. The number of fused-ring (bicyclic) bond motifs is 2. The molecule has 2 aliphatic heterocycles. The van der Waals surface area contributed by atoms with Crippen molar-refractivity contribution < 1.29 is 0 Å². The van der Waals surface area contributed by atoms with Crippen LogP contribution in [0.3, 0.4) is 0 Å². The van der Waals surface area contributed by atoms with Crippen LogP contribution in [0, 0.1) is 0 Å². The van der Waals surface area contributed by atoms with Gasteiger partial charge in [-0.05, 0) is 37.1 Å². The van der Waals surface area contributed by atoms with Crippen LogP contribution in [0.5, 0.6) is 0 Å². The van der Waals surface area contributed by atoms with Gasteiger partial charge in [0.05, 0.1) is 23.1 Å². The summed E-state index contributed by atoms with van der Waals surface area (Å²) >= 11 is 1.80. The average Bonchev–Trinajstić information content (AvgIpc) is 3.08. The highest BCUT2D eigenvalue weighted by atomic mass is 32.1. The van der Waals surface area contributed by atoms with E-state index in [2.05, 4.69) is 32.4 Å². The van der Waals surface area contributed by atoms with Crippen molar-refractivity contribution in [2.45, 2.75) is 43.8 Å². The lowest BCUT2D eigenvalue weighted by atomic mass is 9.99. The fraction of sp³-hybridized carbons (Fsp3) is 0.500. The molecule has 2 saturated heterocycles. The Labute approximate surface area is 111 Å². The molecule has 2 atom stereocenters. The monoisotopic (exact) mass is 259 g/mol. The molecule has 4 heteroatoms. The SMILES string of the molecule is c1csc(-c2cncn2C2CC3CCC(C2)N3)c1. The van der Waals surface area contributed by atoms with E-state index in [0.717, 1.165) is 12.1 Å². The molecular formula is C14H17N3S. The zero-order chi connectivity index (χ0) is 11.9. The molecule has 3 nitrogen and oxygen atoms in total.